The largest absolute Gasteiger partial charge is 0.352 e. The van der Waals surface area contributed by atoms with Crippen LogP contribution in [-0.4, -0.2) is 40.2 Å². The molecule has 30 heavy (non-hydrogen) atoms. The molecule has 1 aliphatic heterocycles. The number of rotatable bonds is 6. The van der Waals surface area contributed by atoms with Gasteiger partial charge in [0.15, 0.2) is 0 Å². The zero-order chi connectivity index (χ0) is 20.9. The Hall–Kier alpha value is -3.15. The van der Waals surface area contributed by atoms with E-state index in [0.717, 1.165) is 41.7 Å². The third-order valence-electron chi connectivity index (χ3n) is 5.87. The molecule has 1 aliphatic carbocycles. The highest BCUT2D eigenvalue weighted by molar-refractivity contribution is 6.06. The highest BCUT2D eigenvalue weighted by Crippen LogP contribution is 2.32. The molecule has 2 aromatic carbocycles. The minimum absolute atomic E-state index is 0.143. The van der Waals surface area contributed by atoms with E-state index in [9.17, 15) is 14.4 Å². The number of carbonyl (C=O) groups excluding carboxylic acids is 3. The summed E-state index contributed by atoms with van der Waals surface area (Å²) in [6.45, 7) is 0.0779. The lowest BCUT2D eigenvalue weighted by Crippen LogP contribution is -2.45. The third kappa shape index (κ3) is 4.37. The lowest BCUT2D eigenvalue weighted by molar-refractivity contribution is -0.133. The molecule has 0 bridgehead atoms. The lowest BCUT2D eigenvalue weighted by atomic mass is 9.95. The first-order chi connectivity index (χ1) is 14.6. The van der Waals surface area contributed by atoms with Crippen LogP contribution in [0.1, 0.15) is 49.3 Å². The van der Waals surface area contributed by atoms with Crippen molar-refractivity contribution in [2.24, 2.45) is 0 Å². The number of imide groups is 1. The van der Waals surface area contributed by atoms with Crippen molar-refractivity contribution in [2.75, 3.05) is 6.54 Å². The highest BCUT2D eigenvalue weighted by atomic mass is 16.2. The average molecular weight is 405 g/mol. The molecule has 1 N–H and O–H groups in total. The summed E-state index contributed by atoms with van der Waals surface area (Å²) >= 11 is 0. The maximum Gasteiger partial charge on any atom is 0.328 e. The Morgan fingerprint density at radius 2 is 1.53 bits per heavy atom. The molecule has 0 spiro atoms. The fourth-order valence-electron chi connectivity index (χ4n) is 4.35. The van der Waals surface area contributed by atoms with Gasteiger partial charge >= 0.3 is 6.03 Å². The summed E-state index contributed by atoms with van der Waals surface area (Å²) in [4.78, 5) is 41.7. The van der Waals surface area contributed by atoms with Crippen molar-refractivity contribution in [3.8, 4) is 0 Å². The van der Waals surface area contributed by atoms with E-state index in [2.05, 4.69) is 5.32 Å². The van der Waals surface area contributed by atoms with Crippen LogP contribution in [-0.2, 0) is 16.1 Å². The van der Waals surface area contributed by atoms with Gasteiger partial charge in [-0.15, -0.1) is 0 Å². The zero-order valence-electron chi connectivity index (χ0n) is 17.0. The molecule has 2 fully saturated rings. The van der Waals surface area contributed by atoms with E-state index in [1.807, 2.05) is 60.7 Å². The van der Waals surface area contributed by atoms with E-state index in [4.69, 9.17) is 0 Å². The van der Waals surface area contributed by atoms with Crippen LogP contribution in [0.25, 0.3) is 0 Å². The second-order valence-electron chi connectivity index (χ2n) is 8.04. The number of hydrogen-bond acceptors (Lipinski definition) is 3. The average Bonchev–Trinajstić information content (AvgIpc) is 3.00. The molecule has 1 saturated carbocycles. The van der Waals surface area contributed by atoms with Gasteiger partial charge in [-0.25, -0.2) is 4.79 Å². The molecule has 2 aromatic rings. The van der Waals surface area contributed by atoms with E-state index in [1.165, 1.54) is 6.42 Å². The van der Waals surface area contributed by atoms with Gasteiger partial charge < -0.3 is 10.2 Å². The van der Waals surface area contributed by atoms with Crippen molar-refractivity contribution in [3.63, 3.8) is 0 Å². The molecule has 0 aromatic heterocycles. The van der Waals surface area contributed by atoms with Crippen LogP contribution in [0.2, 0.25) is 0 Å². The molecule has 6 heteroatoms. The molecule has 1 unspecified atom stereocenters. The number of benzene rings is 2. The quantitative estimate of drug-likeness (QED) is 0.746. The molecule has 6 nitrogen and oxygen atoms in total. The molecule has 156 valence electrons. The van der Waals surface area contributed by atoms with E-state index in [1.54, 1.807) is 4.90 Å². The Labute approximate surface area is 176 Å². The second kappa shape index (κ2) is 9.11. The van der Waals surface area contributed by atoms with Crippen LogP contribution >= 0.6 is 0 Å². The number of urea groups is 1. The summed E-state index contributed by atoms with van der Waals surface area (Å²) in [5.74, 6) is -0.613. The molecule has 4 rings (SSSR count). The Balaban J connectivity index is 1.53. The third-order valence-corrected chi connectivity index (χ3v) is 5.87. The molecule has 2 aliphatic rings. The topological polar surface area (TPSA) is 69.7 Å². The van der Waals surface area contributed by atoms with Crippen molar-refractivity contribution in [1.82, 2.24) is 15.1 Å². The lowest BCUT2D eigenvalue weighted by Gasteiger charge is -2.24. The number of amides is 4. The van der Waals surface area contributed by atoms with Crippen molar-refractivity contribution < 1.29 is 14.4 Å². The standard InChI is InChI=1S/C24H27N3O3/c28-21(25-20-14-8-3-9-15-20)17-27-23(29)22(19-12-6-2-7-13-19)26(24(27)30)16-18-10-4-1-5-11-18/h1-2,4-7,10-13,20,22H,3,8-9,14-17H2,(H,25,28). The van der Waals surface area contributed by atoms with Gasteiger partial charge in [-0.2, -0.15) is 0 Å². The van der Waals surface area contributed by atoms with E-state index < -0.39 is 12.1 Å². The highest BCUT2D eigenvalue weighted by Gasteiger charge is 2.46. The first-order valence-corrected chi connectivity index (χ1v) is 10.6. The normalized spacial score (nSPS) is 19.9. The SMILES string of the molecule is O=C(CN1C(=O)C(c2ccccc2)N(Cc2ccccc2)C1=O)NC1CCCCC1. The summed E-state index contributed by atoms with van der Waals surface area (Å²) in [5.41, 5.74) is 1.69. The van der Waals surface area contributed by atoms with Crippen LogP contribution < -0.4 is 5.32 Å². The fraction of sp³-hybridized carbons (Fsp3) is 0.375. The first-order valence-electron chi connectivity index (χ1n) is 10.6. The number of carbonyl (C=O) groups is 3. The van der Waals surface area contributed by atoms with E-state index >= 15 is 0 Å². The van der Waals surface area contributed by atoms with E-state index in [0.29, 0.717) is 6.54 Å². The number of nitrogens with one attached hydrogen (secondary N) is 1. The molecule has 0 radical (unpaired) electrons. The second-order valence-corrected chi connectivity index (χ2v) is 8.04. The van der Waals surface area contributed by atoms with E-state index in [-0.39, 0.29) is 24.4 Å². The Bertz CT molecular complexity index is 894. The summed E-state index contributed by atoms with van der Waals surface area (Å²) in [6, 6.07) is 17.9. The van der Waals surface area contributed by atoms with Crippen molar-refractivity contribution in [3.05, 3.63) is 71.8 Å². The minimum atomic E-state index is -0.721. The minimum Gasteiger partial charge on any atom is -0.352 e. The molecule has 1 saturated heterocycles. The number of hydrogen-bond donors (Lipinski definition) is 1. The van der Waals surface area contributed by atoms with Crippen molar-refractivity contribution in [2.45, 2.75) is 50.7 Å². The van der Waals surface area contributed by atoms with Gasteiger partial charge in [0, 0.05) is 12.6 Å². The monoisotopic (exact) mass is 405 g/mol. The van der Waals surface area contributed by atoms with Gasteiger partial charge in [0.05, 0.1) is 0 Å². The Kier molecular flexibility index (Phi) is 6.12. The van der Waals surface area contributed by atoms with Crippen LogP contribution in [0.3, 0.4) is 0 Å². The van der Waals surface area contributed by atoms with Crippen LogP contribution in [0.5, 0.6) is 0 Å². The van der Waals surface area contributed by atoms with Gasteiger partial charge in [-0.1, -0.05) is 79.9 Å². The van der Waals surface area contributed by atoms with Crippen molar-refractivity contribution in [1.29, 1.82) is 0 Å². The maximum atomic E-state index is 13.2. The van der Waals surface area contributed by atoms with Crippen LogP contribution in [0.15, 0.2) is 60.7 Å². The number of nitrogens with zero attached hydrogens (tertiary/aromatic N) is 2. The molecule has 1 atom stereocenters. The summed E-state index contributed by atoms with van der Waals surface area (Å²) in [6.07, 6.45) is 5.32. The summed E-state index contributed by atoms with van der Waals surface area (Å²) in [7, 11) is 0. The fourth-order valence-corrected chi connectivity index (χ4v) is 4.35. The van der Waals surface area contributed by atoms with Crippen LogP contribution in [0.4, 0.5) is 4.79 Å². The maximum absolute atomic E-state index is 13.2. The predicted molar refractivity (Wildman–Crippen MR) is 113 cm³/mol. The van der Waals surface area contributed by atoms with Gasteiger partial charge in [-0.05, 0) is 24.0 Å². The summed E-state index contributed by atoms with van der Waals surface area (Å²) < 4.78 is 0. The molecule has 4 amide bonds. The van der Waals surface area contributed by atoms with Gasteiger partial charge in [0.2, 0.25) is 5.91 Å². The smallest absolute Gasteiger partial charge is 0.328 e. The first kappa shape index (κ1) is 20.1. The zero-order valence-corrected chi connectivity index (χ0v) is 17.0. The predicted octanol–water partition coefficient (Wildman–Crippen LogP) is 3.64. The Morgan fingerprint density at radius 1 is 0.900 bits per heavy atom. The molecular weight excluding hydrogens is 378 g/mol. The van der Waals surface area contributed by atoms with Gasteiger partial charge in [0.1, 0.15) is 12.6 Å². The molecular formula is C24H27N3O3. The van der Waals surface area contributed by atoms with Gasteiger partial charge in [-0.3, -0.25) is 14.5 Å². The Morgan fingerprint density at radius 3 is 2.20 bits per heavy atom. The summed E-state index contributed by atoms with van der Waals surface area (Å²) in [5, 5.41) is 3.00. The van der Waals surface area contributed by atoms with Crippen molar-refractivity contribution >= 4 is 17.8 Å². The molecule has 1 heterocycles. The van der Waals surface area contributed by atoms with Crippen LogP contribution in [0, 0.1) is 0 Å². The van der Waals surface area contributed by atoms with Gasteiger partial charge in [0.25, 0.3) is 5.91 Å².